The second-order valence-corrected chi connectivity index (χ2v) is 7.31. The van der Waals surface area contributed by atoms with E-state index in [1.54, 1.807) is 13.8 Å². The molecule has 0 saturated carbocycles. The maximum absolute atomic E-state index is 11.9. The summed E-state index contributed by atoms with van der Waals surface area (Å²) in [4.78, 5) is 0. The van der Waals surface area contributed by atoms with Crippen LogP contribution in [0.3, 0.4) is 0 Å². The van der Waals surface area contributed by atoms with Crippen molar-refractivity contribution in [1.82, 2.24) is 4.72 Å². The summed E-state index contributed by atoms with van der Waals surface area (Å²) < 4.78 is 46.7. The molecule has 1 N–H and O–H groups in total. The van der Waals surface area contributed by atoms with E-state index in [2.05, 4.69) is 4.72 Å². The van der Waals surface area contributed by atoms with Gasteiger partial charge in [0.2, 0.25) is 0 Å². The third-order valence-corrected chi connectivity index (χ3v) is 4.34. The van der Waals surface area contributed by atoms with Gasteiger partial charge in [-0.2, -0.15) is 13.1 Å². The van der Waals surface area contributed by atoms with Crippen LogP contribution in [0.1, 0.15) is 13.8 Å². The molecule has 0 bridgehead atoms. The van der Waals surface area contributed by atoms with Crippen molar-refractivity contribution >= 4 is 37.5 Å². The zero-order valence-corrected chi connectivity index (χ0v) is 14.7. The summed E-state index contributed by atoms with van der Waals surface area (Å²) in [5, 5.41) is 11.1. The van der Waals surface area contributed by atoms with Gasteiger partial charge >= 0.3 is 10.3 Å². The van der Waals surface area contributed by atoms with Crippen molar-refractivity contribution in [2.24, 2.45) is 0 Å². The van der Waals surface area contributed by atoms with Gasteiger partial charge in [-0.25, -0.2) is 3.07 Å². The Balaban J connectivity index is 2.78. The van der Waals surface area contributed by atoms with E-state index in [4.69, 9.17) is 8.92 Å². The lowest BCUT2D eigenvalue weighted by Crippen LogP contribution is -2.48. The second kappa shape index (κ2) is 7.45. The highest BCUT2D eigenvalue weighted by atomic mass is 127. The number of halogens is 1. The maximum atomic E-state index is 11.9. The van der Waals surface area contributed by atoms with Crippen LogP contribution >= 0.6 is 21.5 Å². The monoisotopic (exact) mass is 431 g/mol. The van der Waals surface area contributed by atoms with Crippen LogP contribution in [-0.2, 0) is 18.1 Å². The second-order valence-electron chi connectivity index (χ2n) is 4.76. The molecule has 0 amide bonds. The van der Waals surface area contributed by atoms with Crippen LogP contribution in [0.15, 0.2) is 24.3 Å². The maximum Gasteiger partial charge on any atom is 0.383 e. The number of hydrogen-bond donors (Lipinski definition) is 1. The summed E-state index contributed by atoms with van der Waals surface area (Å²) in [6.07, 6.45) is 0. The average Bonchev–Trinajstić information content (AvgIpc) is 2.36. The molecule has 120 valence electrons. The molecular formula is C11H16IN2O6S-. The van der Waals surface area contributed by atoms with Crippen molar-refractivity contribution in [3.05, 3.63) is 29.5 Å². The standard InChI is InChI=1S/C11H16IN2O6S/c1-11(2,8-19-3)13-21(17,18)20-10-6-4-9(5-7-10)14(16)12-15/h4-7,13H,8H2,1-3H3/q-1. The first-order chi connectivity index (χ1) is 9.69. The van der Waals surface area contributed by atoms with Crippen molar-refractivity contribution in [1.29, 1.82) is 0 Å². The molecular weight excluding hydrogens is 415 g/mol. The first-order valence-corrected chi connectivity index (χ1v) is 9.01. The molecule has 0 aromatic heterocycles. The fourth-order valence-electron chi connectivity index (χ4n) is 1.53. The van der Waals surface area contributed by atoms with Crippen LogP contribution < -0.4 is 12.2 Å². The fourth-order valence-corrected chi connectivity index (χ4v) is 3.23. The van der Waals surface area contributed by atoms with Crippen LogP contribution in [-0.4, -0.2) is 27.7 Å². The van der Waals surface area contributed by atoms with E-state index in [-0.39, 0.29) is 18.0 Å². The molecule has 0 aliphatic heterocycles. The predicted octanol–water partition coefficient (Wildman–Crippen LogP) is 1.86. The van der Waals surface area contributed by atoms with Crippen LogP contribution in [0.2, 0.25) is 0 Å². The molecule has 0 heterocycles. The van der Waals surface area contributed by atoms with E-state index in [0.29, 0.717) is 3.28 Å². The highest BCUT2D eigenvalue weighted by Gasteiger charge is 2.26. The molecule has 8 nitrogen and oxygen atoms in total. The lowest BCUT2D eigenvalue weighted by Gasteiger charge is -2.24. The number of benzene rings is 1. The van der Waals surface area contributed by atoms with E-state index in [1.165, 1.54) is 31.4 Å². The number of ether oxygens (including phenoxy) is 1. The Morgan fingerprint density at radius 3 is 2.38 bits per heavy atom. The molecule has 1 aromatic carbocycles. The highest BCUT2D eigenvalue weighted by molar-refractivity contribution is 14.1. The van der Waals surface area contributed by atoms with Gasteiger partial charge in [0, 0.05) is 12.8 Å². The van der Waals surface area contributed by atoms with Gasteiger partial charge in [0.05, 0.1) is 12.1 Å². The van der Waals surface area contributed by atoms with Gasteiger partial charge < -0.3 is 17.4 Å². The molecule has 0 unspecified atom stereocenters. The molecule has 10 heteroatoms. The Kier molecular flexibility index (Phi) is 6.46. The topological polar surface area (TPSA) is 108 Å². The van der Waals surface area contributed by atoms with Gasteiger partial charge in [0.25, 0.3) is 21.5 Å². The van der Waals surface area contributed by atoms with Gasteiger partial charge in [-0.1, -0.05) is 0 Å². The smallest absolute Gasteiger partial charge is 0.383 e. The molecule has 0 saturated heterocycles. The van der Waals surface area contributed by atoms with E-state index < -0.39 is 37.3 Å². The van der Waals surface area contributed by atoms with Crippen molar-refractivity contribution in [2.75, 3.05) is 17.0 Å². The summed E-state index contributed by atoms with van der Waals surface area (Å²) in [7, 11) is -2.57. The average molecular weight is 431 g/mol. The first-order valence-electron chi connectivity index (χ1n) is 5.76. The fraction of sp³-hybridized carbons (Fsp3) is 0.455. The Morgan fingerprint density at radius 2 is 1.90 bits per heavy atom. The molecule has 0 aliphatic carbocycles. The van der Waals surface area contributed by atoms with Crippen molar-refractivity contribution < 1.29 is 20.4 Å². The van der Waals surface area contributed by atoms with E-state index in [9.17, 15) is 16.7 Å². The number of methoxy groups -OCH3 is 1. The molecule has 0 fully saturated rings. The largest absolute Gasteiger partial charge is 0.748 e. The molecule has 1 aromatic rings. The quantitative estimate of drug-likeness (QED) is 0.380. The zero-order valence-electron chi connectivity index (χ0n) is 11.7. The molecule has 1 rings (SSSR count). The number of rotatable bonds is 8. The Labute approximate surface area is 134 Å². The molecule has 21 heavy (non-hydrogen) atoms. The van der Waals surface area contributed by atoms with Gasteiger partial charge in [0.1, 0.15) is 5.75 Å². The van der Waals surface area contributed by atoms with Crippen molar-refractivity contribution in [2.45, 2.75) is 19.4 Å². The molecule has 0 atom stereocenters. The summed E-state index contributed by atoms with van der Waals surface area (Å²) in [6.45, 7) is 3.47. The number of hydrogen-bond acceptors (Lipinski definition) is 6. The van der Waals surface area contributed by atoms with Crippen LogP contribution in [0.25, 0.3) is 0 Å². The summed E-state index contributed by atoms with van der Waals surface area (Å²) in [6, 6.07) is 5.27. The van der Waals surface area contributed by atoms with Crippen LogP contribution in [0.5, 0.6) is 5.75 Å². The van der Waals surface area contributed by atoms with Gasteiger partial charge in [-0.05, 0) is 38.1 Å². The van der Waals surface area contributed by atoms with E-state index in [1.807, 2.05) is 0 Å². The van der Waals surface area contributed by atoms with Crippen molar-refractivity contribution in [3.8, 4) is 5.75 Å². The molecule has 0 aliphatic rings. The third kappa shape index (κ3) is 6.22. The number of nitrogens with one attached hydrogen (secondary N) is 1. The van der Waals surface area contributed by atoms with Gasteiger partial charge in [0.15, 0.2) is 0 Å². The van der Waals surface area contributed by atoms with Crippen molar-refractivity contribution in [3.63, 3.8) is 0 Å². The minimum Gasteiger partial charge on any atom is -0.748 e. The normalized spacial score (nSPS) is 12.2. The Bertz CT molecular complexity index is 575. The Morgan fingerprint density at radius 1 is 1.33 bits per heavy atom. The lowest BCUT2D eigenvalue weighted by molar-refractivity contribution is 0.140. The summed E-state index contributed by atoms with van der Waals surface area (Å²) in [5.41, 5.74) is -0.651. The van der Waals surface area contributed by atoms with Crippen LogP contribution in [0, 0.1) is 5.21 Å². The lowest BCUT2D eigenvalue weighted by atomic mass is 10.1. The molecule has 0 spiro atoms. The van der Waals surface area contributed by atoms with Gasteiger partial charge in [-0.3, -0.25) is 0 Å². The first kappa shape index (κ1) is 18.2. The number of nitrogens with zero attached hydrogens (tertiary/aromatic N) is 1. The SMILES string of the molecule is COCC(C)(C)NS(=O)(=O)Oc1ccc(N([O-])I=O)cc1. The van der Waals surface area contributed by atoms with Crippen LogP contribution in [0.4, 0.5) is 5.69 Å². The highest BCUT2D eigenvalue weighted by Crippen LogP contribution is 2.23. The Hall–Kier alpha value is -0.820. The summed E-state index contributed by atoms with van der Waals surface area (Å²) in [5.74, 6) is 0.0389. The van der Waals surface area contributed by atoms with E-state index >= 15 is 0 Å². The summed E-state index contributed by atoms with van der Waals surface area (Å²) >= 11 is -1.85. The number of anilines is 1. The third-order valence-electron chi connectivity index (χ3n) is 2.21. The molecule has 0 radical (unpaired) electrons. The van der Waals surface area contributed by atoms with Gasteiger partial charge in [-0.15, -0.1) is 0 Å². The van der Waals surface area contributed by atoms with E-state index in [0.717, 1.165) is 0 Å². The minimum absolute atomic E-state index is 0.0389. The zero-order chi connectivity index (χ0) is 16.1. The predicted molar refractivity (Wildman–Crippen MR) is 85.6 cm³/mol. The minimum atomic E-state index is -4.03.